The van der Waals surface area contributed by atoms with Gasteiger partial charge in [-0.05, 0) is 0 Å². The zero-order valence-corrected chi connectivity index (χ0v) is 17.9. The van der Waals surface area contributed by atoms with Gasteiger partial charge in [-0.3, -0.25) is 4.68 Å². The van der Waals surface area contributed by atoms with E-state index >= 15 is 0 Å². The second-order valence-electron chi connectivity index (χ2n) is 6.84. The van der Waals surface area contributed by atoms with Gasteiger partial charge >= 0.3 is 12.1 Å². The lowest BCUT2D eigenvalue weighted by Crippen LogP contribution is -2.21. The van der Waals surface area contributed by atoms with Gasteiger partial charge in [0.1, 0.15) is 29.8 Å². The van der Waals surface area contributed by atoms with Gasteiger partial charge < -0.3 is 15.6 Å². The number of hydrogen-bond donors (Lipinski definition) is 2. The largest absolute Gasteiger partial charge is 0.493 e. The average molecular weight is 496 g/mol. The molecule has 0 saturated carbocycles. The smallest absolute Gasteiger partial charge is 0.490 e. The van der Waals surface area contributed by atoms with Gasteiger partial charge in [0.05, 0.1) is 12.6 Å². The van der Waals surface area contributed by atoms with E-state index in [1.54, 1.807) is 12.3 Å². The minimum atomic E-state index is -5.08. The van der Waals surface area contributed by atoms with Gasteiger partial charge in [0.2, 0.25) is 0 Å². The van der Waals surface area contributed by atoms with Gasteiger partial charge in [-0.25, -0.2) is 28.5 Å². The van der Waals surface area contributed by atoms with Crippen molar-refractivity contribution < 1.29 is 36.6 Å². The van der Waals surface area contributed by atoms with Crippen LogP contribution < -0.4 is 10.5 Å². The van der Waals surface area contributed by atoms with Crippen molar-refractivity contribution in [1.29, 1.82) is 0 Å². The summed E-state index contributed by atoms with van der Waals surface area (Å²) < 4.78 is 64.0. The number of alkyl halides is 5. The zero-order chi connectivity index (χ0) is 25.8. The van der Waals surface area contributed by atoms with Gasteiger partial charge in [0, 0.05) is 23.4 Å². The number of fused-ring (bicyclic) bond motifs is 1. The summed E-state index contributed by atoms with van der Waals surface area (Å²) in [6.45, 7) is -0.522. The summed E-state index contributed by atoms with van der Waals surface area (Å²) in [6.07, 6.45) is -4.69. The molecule has 4 aromatic rings. The molecule has 0 aliphatic rings. The SMILES string of the molecule is COc1cc2ncnc(-c3cn(CC(F)F)nc3-c3ccccc3)c2nc1N.O=C(O)C(F)(F)F. The third kappa shape index (κ3) is 5.96. The Kier molecular flexibility index (Phi) is 7.42. The van der Waals surface area contributed by atoms with Crippen LogP contribution in [0.5, 0.6) is 5.75 Å². The number of nitrogen functional groups attached to an aromatic ring is 1. The first-order valence-corrected chi connectivity index (χ1v) is 9.68. The molecule has 0 amide bonds. The fourth-order valence-electron chi connectivity index (χ4n) is 2.98. The molecular weight excluding hydrogens is 479 g/mol. The number of carboxylic acids is 1. The van der Waals surface area contributed by atoms with Crippen molar-refractivity contribution in [2.45, 2.75) is 19.1 Å². The van der Waals surface area contributed by atoms with E-state index in [-0.39, 0.29) is 5.82 Å². The van der Waals surface area contributed by atoms with Crippen molar-refractivity contribution in [3.8, 4) is 28.3 Å². The number of methoxy groups -OCH3 is 1. The second kappa shape index (κ2) is 10.3. The monoisotopic (exact) mass is 496 g/mol. The minimum Gasteiger partial charge on any atom is -0.493 e. The molecule has 0 spiro atoms. The number of aliphatic carboxylic acids is 1. The number of hydrogen-bond acceptors (Lipinski definition) is 7. The van der Waals surface area contributed by atoms with Gasteiger partial charge in [0.15, 0.2) is 11.6 Å². The number of carbonyl (C=O) groups is 1. The van der Waals surface area contributed by atoms with E-state index in [2.05, 4.69) is 20.1 Å². The number of anilines is 1. The Morgan fingerprint density at radius 2 is 1.83 bits per heavy atom. The lowest BCUT2D eigenvalue weighted by molar-refractivity contribution is -0.192. The Hall–Kier alpha value is -4.36. The molecule has 0 bridgehead atoms. The summed E-state index contributed by atoms with van der Waals surface area (Å²) in [5, 5.41) is 11.5. The van der Waals surface area contributed by atoms with Crippen LogP contribution in [0, 0.1) is 0 Å². The molecule has 0 radical (unpaired) electrons. The van der Waals surface area contributed by atoms with Crippen LogP contribution in [0.25, 0.3) is 33.5 Å². The molecule has 3 aromatic heterocycles. The summed E-state index contributed by atoms with van der Waals surface area (Å²) in [4.78, 5) is 21.8. The van der Waals surface area contributed by atoms with E-state index in [9.17, 15) is 22.0 Å². The third-order valence-corrected chi connectivity index (χ3v) is 4.45. The molecule has 0 unspecified atom stereocenters. The van der Waals surface area contributed by atoms with E-state index in [4.69, 9.17) is 20.4 Å². The molecule has 3 heterocycles. The fraction of sp³-hybridized carbons (Fsp3) is 0.190. The summed E-state index contributed by atoms with van der Waals surface area (Å²) in [5.74, 6) is -2.17. The molecule has 14 heteroatoms. The van der Waals surface area contributed by atoms with E-state index in [0.29, 0.717) is 33.7 Å². The molecule has 9 nitrogen and oxygen atoms in total. The Morgan fingerprint density at radius 3 is 2.40 bits per heavy atom. The molecule has 0 aliphatic heterocycles. The highest BCUT2D eigenvalue weighted by atomic mass is 19.4. The van der Waals surface area contributed by atoms with Gasteiger partial charge in [0.25, 0.3) is 6.43 Å². The number of pyridine rings is 1. The number of nitrogens with two attached hydrogens (primary N) is 1. The maximum absolute atomic E-state index is 12.9. The van der Waals surface area contributed by atoms with Crippen molar-refractivity contribution in [2.75, 3.05) is 12.8 Å². The fourth-order valence-corrected chi connectivity index (χ4v) is 2.98. The van der Waals surface area contributed by atoms with Crippen molar-refractivity contribution in [3.05, 3.63) is 48.9 Å². The predicted octanol–water partition coefficient (Wildman–Crippen LogP) is 4.04. The van der Waals surface area contributed by atoms with Crippen LogP contribution in [0.2, 0.25) is 0 Å². The Labute approximate surface area is 194 Å². The second-order valence-corrected chi connectivity index (χ2v) is 6.84. The van der Waals surface area contributed by atoms with Crippen molar-refractivity contribution in [1.82, 2.24) is 24.7 Å². The zero-order valence-electron chi connectivity index (χ0n) is 17.9. The van der Waals surface area contributed by atoms with Crippen LogP contribution in [-0.4, -0.2) is 55.5 Å². The number of aromatic nitrogens is 5. The van der Waals surface area contributed by atoms with Crippen molar-refractivity contribution >= 4 is 22.8 Å². The van der Waals surface area contributed by atoms with Crippen LogP contribution in [0.15, 0.2) is 48.9 Å². The molecule has 4 rings (SSSR count). The predicted molar refractivity (Wildman–Crippen MR) is 115 cm³/mol. The number of benzene rings is 1. The molecule has 1 aromatic carbocycles. The van der Waals surface area contributed by atoms with Crippen LogP contribution in [0.1, 0.15) is 0 Å². The van der Waals surface area contributed by atoms with Gasteiger partial charge in [-0.2, -0.15) is 18.3 Å². The highest BCUT2D eigenvalue weighted by Gasteiger charge is 2.38. The standard InChI is InChI=1S/C19H16F2N6O.C2HF3O2/c1-28-14-7-13-18(25-19(14)22)17(24-10-23-13)12-8-27(9-15(20)21)26-16(12)11-5-3-2-4-6-11;3-2(4,5)1(6)7/h2-8,10,15H,9H2,1H3,(H2,22,25);(H,6,7). The highest BCUT2D eigenvalue weighted by molar-refractivity contribution is 5.94. The van der Waals surface area contributed by atoms with E-state index in [1.165, 1.54) is 18.1 Å². The van der Waals surface area contributed by atoms with E-state index < -0.39 is 25.1 Å². The molecule has 184 valence electrons. The molecule has 0 saturated heterocycles. The Balaban J connectivity index is 0.000000429. The van der Waals surface area contributed by atoms with Gasteiger partial charge in [-0.15, -0.1) is 0 Å². The molecular formula is C21H17F5N6O3. The number of halogens is 5. The Morgan fingerprint density at radius 1 is 1.17 bits per heavy atom. The highest BCUT2D eigenvalue weighted by Crippen LogP contribution is 2.34. The first-order valence-electron chi connectivity index (χ1n) is 9.68. The summed E-state index contributed by atoms with van der Waals surface area (Å²) in [6, 6.07) is 10.9. The maximum atomic E-state index is 12.9. The lowest BCUT2D eigenvalue weighted by atomic mass is 10.0. The lowest BCUT2D eigenvalue weighted by Gasteiger charge is -2.08. The van der Waals surface area contributed by atoms with Crippen LogP contribution in [0.4, 0.5) is 27.8 Å². The molecule has 3 N–H and O–H groups in total. The number of carboxylic acid groups (broad SMARTS) is 1. The summed E-state index contributed by atoms with van der Waals surface area (Å²) >= 11 is 0. The number of ether oxygens (including phenoxy) is 1. The minimum absolute atomic E-state index is 0.187. The quantitative estimate of drug-likeness (QED) is 0.396. The van der Waals surface area contributed by atoms with Crippen molar-refractivity contribution in [3.63, 3.8) is 0 Å². The number of nitrogens with zero attached hydrogens (tertiary/aromatic N) is 5. The summed E-state index contributed by atoms with van der Waals surface area (Å²) in [5.41, 5.74) is 9.24. The molecule has 0 atom stereocenters. The van der Waals surface area contributed by atoms with E-state index in [1.807, 2.05) is 30.3 Å². The summed E-state index contributed by atoms with van der Waals surface area (Å²) in [7, 11) is 1.49. The average Bonchev–Trinajstić information content (AvgIpc) is 3.21. The van der Waals surface area contributed by atoms with Gasteiger partial charge in [-0.1, -0.05) is 30.3 Å². The van der Waals surface area contributed by atoms with Crippen molar-refractivity contribution in [2.24, 2.45) is 0 Å². The van der Waals surface area contributed by atoms with Crippen LogP contribution in [0.3, 0.4) is 0 Å². The number of rotatable bonds is 5. The van der Waals surface area contributed by atoms with Crippen LogP contribution >= 0.6 is 0 Å². The molecule has 35 heavy (non-hydrogen) atoms. The van der Waals surface area contributed by atoms with E-state index in [0.717, 1.165) is 5.56 Å². The normalized spacial score (nSPS) is 11.3. The molecule has 0 aliphatic carbocycles. The third-order valence-electron chi connectivity index (χ3n) is 4.45. The Bertz CT molecular complexity index is 1330. The maximum Gasteiger partial charge on any atom is 0.490 e. The first kappa shape index (κ1) is 25.3. The first-order chi connectivity index (χ1) is 16.5. The van der Waals surface area contributed by atoms with Crippen LogP contribution in [-0.2, 0) is 11.3 Å². The topological polar surface area (TPSA) is 129 Å². The molecule has 0 fully saturated rings.